The van der Waals surface area contributed by atoms with Crippen molar-refractivity contribution < 1.29 is 0 Å². The Morgan fingerprint density at radius 1 is 1.54 bits per heavy atom. The molecule has 0 fully saturated rings. The molecule has 0 bridgehead atoms. The van der Waals surface area contributed by atoms with Gasteiger partial charge in [-0.2, -0.15) is 0 Å². The second-order valence-electron chi connectivity index (χ2n) is 2.82. The lowest BCUT2D eigenvalue weighted by molar-refractivity contribution is 0.869. The zero-order chi connectivity index (χ0) is 9.42. The van der Waals surface area contributed by atoms with Crippen LogP contribution in [0.5, 0.6) is 0 Å². The van der Waals surface area contributed by atoms with Crippen LogP contribution in [0.2, 0.25) is 0 Å². The molecule has 3 nitrogen and oxygen atoms in total. The van der Waals surface area contributed by atoms with E-state index in [1.165, 1.54) is 4.57 Å². The molecule has 2 rings (SSSR count). The van der Waals surface area contributed by atoms with Crippen LogP contribution in [0.1, 0.15) is 0 Å². The fourth-order valence-corrected chi connectivity index (χ4v) is 1.54. The Balaban J connectivity index is 2.95. The zero-order valence-corrected chi connectivity index (χ0v) is 8.58. The summed E-state index contributed by atoms with van der Waals surface area (Å²) in [7, 11) is 1.71. The molecule has 0 amide bonds. The summed E-state index contributed by atoms with van der Waals surface area (Å²) in [6, 6.07) is 3.75. The van der Waals surface area contributed by atoms with Gasteiger partial charge in [0.2, 0.25) is 0 Å². The summed E-state index contributed by atoms with van der Waals surface area (Å²) in [5, 5.41) is 0.859. The second kappa shape index (κ2) is 2.96. The van der Waals surface area contributed by atoms with Gasteiger partial charge in [0.05, 0.1) is 0 Å². The first-order chi connectivity index (χ1) is 6.18. The number of aromatic nitrogens is 2. The minimum Gasteiger partial charge on any atom is -0.317 e. The van der Waals surface area contributed by atoms with E-state index < -0.39 is 0 Å². The first-order valence-electron chi connectivity index (χ1n) is 3.79. The fourth-order valence-electron chi connectivity index (χ4n) is 1.19. The highest BCUT2D eigenvalue weighted by Crippen LogP contribution is 2.13. The van der Waals surface area contributed by atoms with Gasteiger partial charge in [-0.05, 0) is 28.1 Å². The summed E-state index contributed by atoms with van der Waals surface area (Å²) in [4.78, 5) is 15.6. The van der Waals surface area contributed by atoms with Gasteiger partial charge in [0.25, 0.3) is 5.56 Å². The van der Waals surface area contributed by atoms with Crippen LogP contribution in [0.25, 0.3) is 10.9 Å². The van der Waals surface area contributed by atoms with Crippen molar-refractivity contribution in [3.8, 4) is 0 Å². The van der Waals surface area contributed by atoms with E-state index >= 15 is 0 Å². The lowest BCUT2D eigenvalue weighted by atomic mass is 10.3. The molecule has 0 aliphatic heterocycles. The maximum absolute atomic E-state index is 11.5. The van der Waals surface area contributed by atoms with Crippen molar-refractivity contribution in [2.45, 2.75) is 0 Å². The monoisotopic (exact) mass is 238 g/mol. The lowest BCUT2D eigenvalue weighted by Crippen LogP contribution is -2.16. The minimum absolute atomic E-state index is 0.0648. The van der Waals surface area contributed by atoms with Crippen LogP contribution in [-0.2, 0) is 7.05 Å². The fraction of sp³-hybridized carbons (Fsp3) is 0.111. The molecular formula is C9H7BrN2O. The number of aryl methyl sites for hydroxylation is 1. The molecular weight excluding hydrogens is 232 g/mol. The summed E-state index contributed by atoms with van der Waals surface area (Å²) in [5.41, 5.74) is 0.443. The predicted molar refractivity (Wildman–Crippen MR) is 54.7 cm³/mol. The highest BCUT2D eigenvalue weighted by Gasteiger charge is 2.00. The van der Waals surface area contributed by atoms with Gasteiger partial charge in [-0.3, -0.25) is 4.79 Å². The van der Waals surface area contributed by atoms with E-state index in [-0.39, 0.29) is 5.56 Å². The standard InChI is InChI=1S/C9H7BrN2O/c1-12-3-2-6-4-7(10)5-11-8(6)9(12)13/h2-5H,1H3. The minimum atomic E-state index is -0.0648. The number of pyridine rings is 2. The molecule has 0 unspecified atom stereocenters. The van der Waals surface area contributed by atoms with Gasteiger partial charge in [0, 0.05) is 29.3 Å². The van der Waals surface area contributed by atoms with Crippen LogP contribution in [-0.4, -0.2) is 9.55 Å². The smallest absolute Gasteiger partial charge is 0.276 e. The Kier molecular flexibility index (Phi) is 1.92. The predicted octanol–water partition coefficient (Wildman–Crippen LogP) is 1.70. The van der Waals surface area contributed by atoms with Crippen LogP contribution in [0.15, 0.2) is 33.8 Å². The van der Waals surface area contributed by atoms with Crippen molar-refractivity contribution in [1.29, 1.82) is 0 Å². The molecule has 0 N–H and O–H groups in total. The Bertz CT molecular complexity index is 518. The van der Waals surface area contributed by atoms with Gasteiger partial charge < -0.3 is 4.57 Å². The van der Waals surface area contributed by atoms with Crippen LogP contribution >= 0.6 is 15.9 Å². The SMILES string of the molecule is Cn1ccc2cc(Br)cnc2c1=O. The molecule has 0 atom stereocenters. The molecule has 2 aromatic heterocycles. The van der Waals surface area contributed by atoms with Crippen molar-refractivity contribution in [3.63, 3.8) is 0 Å². The molecule has 0 saturated heterocycles. The van der Waals surface area contributed by atoms with Gasteiger partial charge >= 0.3 is 0 Å². The molecule has 0 spiro atoms. The maximum atomic E-state index is 11.5. The topological polar surface area (TPSA) is 34.9 Å². The molecule has 0 aromatic carbocycles. The van der Waals surface area contributed by atoms with E-state index in [1.54, 1.807) is 19.4 Å². The van der Waals surface area contributed by atoms with Crippen LogP contribution in [0.4, 0.5) is 0 Å². The molecule has 2 heterocycles. The third-order valence-corrected chi connectivity index (χ3v) is 2.32. The van der Waals surface area contributed by atoms with Gasteiger partial charge in [0.15, 0.2) is 0 Å². The summed E-state index contributed by atoms with van der Waals surface area (Å²) < 4.78 is 2.40. The first kappa shape index (κ1) is 8.44. The first-order valence-corrected chi connectivity index (χ1v) is 4.58. The summed E-state index contributed by atoms with van der Waals surface area (Å²) in [5.74, 6) is 0. The number of nitrogens with zero attached hydrogens (tertiary/aromatic N) is 2. The highest BCUT2D eigenvalue weighted by atomic mass is 79.9. The third-order valence-electron chi connectivity index (χ3n) is 1.88. The Morgan fingerprint density at radius 2 is 2.31 bits per heavy atom. The lowest BCUT2D eigenvalue weighted by Gasteiger charge is -1.99. The summed E-state index contributed by atoms with van der Waals surface area (Å²) in [6.45, 7) is 0. The Morgan fingerprint density at radius 3 is 3.08 bits per heavy atom. The Hall–Kier alpha value is -1.16. The molecule has 0 saturated carbocycles. The van der Waals surface area contributed by atoms with Gasteiger partial charge in [-0.15, -0.1) is 0 Å². The maximum Gasteiger partial charge on any atom is 0.276 e. The molecule has 13 heavy (non-hydrogen) atoms. The molecule has 2 aromatic rings. The van der Waals surface area contributed by atoms with Gasteiger partial charge in [-0.25, -0.2) is 4.98 Å². The number of hydrogen-bond donors (Lipinski definition) is 0. The third kappa shape index (κ3) is 1.37. The van der Waals surface area contributed by atoms with E-state index in [0.29, 0.717) is 5.52 Å². The van der Waals surface area contributed by atoms with E-state index in [9.17, 15) is 4.79 Å². The van der Waals surface area contributed by atoms with E-state index in [4.69, 9.17) is 0 Å². The largest absolute Gasteiger partial charge is 0.317 e. The summed E-state index contributed by atoms with van der Waals surface area (Å²) in [6.07, 6.45) is 3.36. The average Bonchev–Trinajstić information content (AvgIpc) is 2.12. The van der Waals surface area contributed by atoms with Crippen molar-refractivity contribution in [2.24, 2.45) is 7.05 Å². The zero-order valence-electron chi connectivity index (χ0n) is 6.99. The number of hydrogen-bond acceptors (Lipinski definition) is 2. The van der Waals surface area contributed by atoms with Gasteiger partial charge in [0.1, 0.15) is 5.52 Å². The molecule has 4 heteroatoms. The molecule has 0 radical (unpaired) electrons. The molecule has 0 aliphatic carbocycles. The van der Waals surface area contributed by atoms with Gasteiger partial charge in [-0.1, -0.05) is 0 Å². The normalized spacial score (nSPS) is 10.6. The van der Waals surface area contributed by atoms with Crippen molar-refractivity contribution in [3.05, 3.63) is 39.4 Å². The summed E-state index contributed by atoms with van der Waals surface area (Å²) >= 11 is 3.30. The van der Waals surface area contributed by atoms with Crippen LogP contribution in [0.3, 0.4) is 0 Å². The van der Waals surface area contributed by atoms with Crippen molar-refractivity contribution >= 4 is 26.8 Å². The quantitative estimate of drug-likeness (QED) is 0.701. The van der Waals surface area contributed by atoms with E-state index in [2.05, 4.69) is 20.9 Å². The van der Waals surface area contributed by atoms with Crippen molar-refractivity contribution in [1.82, 2.24) is 9.55 Å². The van der Waals surface area contributed by atoms with Crippen LogP contribution in [0, 0.1) is 0 Å². The number of fused-ring (bicyclic) bond motifs is 1. The van der Waals surface area contributed by atoms with Crippen molar-refractivity contribution in [2.75, 3.05) is 0 Å². The second-order valence-corrected chi connectivity index (χ2v) is 3.74. The van der Waals surface area contributed by atoms with E-state index in [0.717, 1.165) is 9.86 Å². The molecule has 0 aliphatic rings. The Labute approximate surface area is 83.2 Å². The highest BCUT2D eigenvalue weighted by molar-refractivity contribution is 9.10. The van der Waals surface area contributed by atoms with E-state index in [1.807, 2.05) is 12.1 Å². The number of rotatable bonds is 0. The average molecular weight is 239 g/mol. The number of halogens is 1. The van der Waals surface area contributed by atoms with Crippen LogP contribution < -0.4 is 5.56 Å². The molecule has 66 valence electrons.